The van der Waals surface area contributed by atoms with Crippen LogP contribution in [0.4, 0.5) is 0 Å². The number of ether oxygens (including phenoxy) is 3. The van der Waals surface area contributed by atoms with Crippen molar-refractivity contribution in [1.29, 1.82) is 0 Å². The van der Waals surface area contributed by atoms with Crippen molar-refractivity contribution in [1.82, 2.24) is 9.78 Å². The second kappa shape index (κ2) is 12.5. The zero-order valence-corrected chi connectivity index (χ0v) is 20.7. The highest BCUT2D eigenvalue weighted by Crippen LogP contribution is 2.31. The lowest BCUT2D eigenvalue weighted by atomic mass is 10.0. The third kappa shape index (κ3) is 6.76. The standard InChI is InChI=1S/C25H35ClN2O4/c1-7-10-18(4)14-28-23(26)21(13-17(2)3)24(27-28)32-15-19-11-8-9-12-20(19)22(16-30-5)25(29)31-6/h8-9,11-12,16-18H,7,10,13-15H2,1-6H3/b22-16+. The monoisotopic (exact) mass is 462 g/mol. The Hall–Kier alpha value is -2.47. The van der Waals surface area contributed by atoms with Crippen LogP contribution in [0.2, 0.25) is 5.15 Å². The average Bonchev–Trinajstić information content (AvgIpc) is 3.04. The predicted octanol–water partition coefficient (Wildman–Crippen LogP) is 5.91. The van der Waals surface area contributed by atoms with Crippen LogP contribution < -0.4 is 4.74 Å². The minimum absolute atomic E-state index is 0.233. The molecule has 2 rings (SSSR count). The molecule has 1 aromatic heterocycles. The molecule has 1 aromatic carbocycles. The van der Waals surface area contributed by atoms with Crippen LogP contribution in [0.5, 0.6) is 5.88 Å². The third-order valence-electron chi connectivity index (χ3n) is 5.14. The summed E-state index contributed by atoms with van der Waals surface area (Å²) >= 11 is 6.72. The van der Waals surface area contributed by atoms with E-state index in [4.69, 9.17) is 30.9 Å². The maximum Gasteiger partial charge on any atom is 0.341 e. The zero-order chi connectivity index (χ0) is 23.7. The molecule has 7 heteroatoms. The van der Waals surface area contributed by atoms with E-state index in [0.717, 1.165) is 36.9 Å². The highest BCUT2D eigenvalue weighted by atomic mass is 35.5. The van der Waals surface area contributed by atoms with Gasteiger partial charge in [-0.25, -0.2) is 9.48 Å². The highest BCUT2D eigenvalue weighted by Gasteiger charge is 2.21. The highest BCUT2D eigenvalue weighted by molar-refractivity contribution is 6.30. The minimum Gasteiger partial charge on any atom is -0.503 e. The Morgan fingerprint density at radius 3 is 2.56 bits per heavy atom. The molecule has 0 saturated carbocycles. The van der Waals surface area contributed by atoms with Crippen LogP contribution in [0.1, 0.15) is 57.2 Å². The van der Waals surface area contributed by atoms with Crippen molar-refractivity contribution in [2.24, 2.45) is 11.8 Å². The van der Waals surface area contributed by atoms with E-state index >= 15 is 0 Å². The first kappa shape index (κ1) is 25.8. The molecule has 0 spiro atoms. The van der Waals surface area contributed by atoms with Gasteiger partial charge in [-0.2, -0.15) is 0 Å². The van der Waals surface area contributed by atoms with Crippen LogP contribution in [0.3, 0.4) is 0 Å². The first-order valence-electron chi connectivity index (χ1n) is 11.1. The lowest BCUT2D eigenvalue weighted by Crippen LogP contribution is -2.10. The third-order valence-corrected chi connectivity index (χ3v) is 5.56. The Labute approximate surface area is 196 Å². The van der Waals surface area contributed by atoms with E-state index in [1.54, 1.807) is 0 Å². The number of rotatable bonds is 12. The van der Waals surface area contributed by atoms with Gasteiger partial charge in [0.15, 0.2) is 0 Å². The predicted molar refractivity (Wildman–Crippen MR) is 128 cm³/mol. The fourth-order valence-electron chi connectivity index (χ4n) is 3.66. The Morgan fingerprint density at radius 2 is 1.94 bits per heavy atom. The van der Waals surface area contributed by atoms with E-state index in [0.29, 0.717) is 34.0 Å². The number of esters is 1. The molecular weight excluding hydrogens is 428 g/mol. The van der Waals surface area contributed by atoms with Gasteiger partial charge >= 0.3 is 5.97 Å². The summed E-state index contributed by atoms with van der Waals surface area (Å²) in [7, 11) is 2.84. The number of carbonyl (C=O) groups is 1. The van der Waals surface area contributed by atoms with Gasteiger partial charge in [0.25, 0.3) is 0 Å². The molecule has 0 saturated heterocycles. The molecule has 1 heterocycles. The Balaban J connectivity index is 2.34. The quantitative estimate of drug-likeness (QED) is 0.223. The summed E-state index contributed by atoms with van der Waals surface area (Å²) in [6.07, 6.45) is 4.39. The van der Waals surface area contributed by atoms with Gasteiger partial charge in [0, 0.05) is 6.54 Å². The Bertz CT molecular complexity index is 921. The summed E-state index contributed by atoms with van der Waals surface area (Å²) in [5.41, 5.74) is 2.76. The maximum absolute atomic E-state index is 12.3. The Kier molecular flexibility index (Phi) is 10.1. The summed E-state index contributed by atoms with van der Waals surface area (Å²) in [5, 5.41) is 5.33. The van der Waals surface area contributed by atoms with Gasteiger partial charge in [-0.1, -0.05) is 70.0 Å². The van der Waals surface area contributed by atoms with Gasteiger partial charge in [0.2, 0.25) is 5.88 Å². The van der Waals surface area contributed by atoms with Gasteiger partial charge < -0.3 is 14.2 Å². The summed E-state index contributed by atoms with van der Waals surface area (Å²) in [4.78, 5) is 12.3. The molecule has 2 aromatic rings. The van der Waals surface area contributed by atoms with Crippen molar-refractivity contribution in [3.63, 3.8) is 0 Å². The van der Waals surface area contributed by atoms with Gasteiger partial charge in [0.05, 0.1) is 26.0 Å². The van der Waals surface area contributed by atoms with E-state index in [2.05, 4.69) is 27.7 Å². The summed E-state index contributed by atoms with van der Waals surface area (Å²) < 4.78 is 18.0. The number of halogens is 1. The minimum atomic E-state index is -0.475. The molecule has 0 aliphatic heterocycles. The van der Waals surface area contributed by atoms with Crippen molar-refractivity contribution in [2.75, 3.05) is 14.2 Å². The molecule has 1 atom stereocenters. The molecule has 0 aliphatic rings. The van der Waals surface area contributed by atoms with E-state index in [9.17, 15) is 4.79 Å². The normalized spacial score (nSPS) is 12.7. The van der Waals surface area contributed by atoms with Crippen LogP contribution in [0.25, 0.3) is 5.57 Å². The largest absolute Gasteiger partial charge is 0.503 e. The zero-order valence-electron chi connectivity index (χ0n) is 20.0. The molecule has 32 heavy (non-hydrogen) atoms. The first-order chi connectivity index (χ1) is 15.3. The van der Waals surface area contributed by atoms with Crippen molar-refractivity contribution >= 4 is 23.1 Å². The van der Waals surface area contributed by atoms with Crippen molar-refractivity contribution in [2.45, 2.75) is 60.1 Å². The topological polar surface area (TPSA) is 62.6 Å². The molecule has 0 N–H and O–H groups in total. The summed E-state index contributed by atoms with van der Waals surface area (Å²) in [5.74, 6) is 0.942. The van der Waals surface area contributed by atoms with Crippen molar-refractivity contribution < 1.29 is 19.0 Å². The summed E-state index contributed by atoms with van der Waals surface area (Å²) in [6, 6.07) is 7.51. The average molecular weight is 463 g/mol. The second-order valence-electron chi connectivity index (χ2n) is 8.45. The van der Waals surface area contributed by atoms with E-state index in [1.165, 1.54) is 20.5 Å². The lowest BCUT2D eigenvalue weighted by molar-refractivity contribution is -0.133. The van der Waals surface area contributed by atoms with Crippen LogP contribution in [0, 0.1) is 11.8 Å². The molecule has 1 unspecified atom stereocenters. The second-order valence-corrected chi connectivity index (χ2v) is 8.81. The Morgan fingerprint density at radius 1 is 1.22 bits per heavy atom. The van der Waals surface area contributed by atoms with Crippen molar-refractivity contribution in [3.05, 3.63) is 52.4 Å². The van der Waals surface area contributed by atoms with Crippen LogP contribution in [-0.4, -0.2) is 30.0 Å². The fourth-order valence-corrected chi connectivity index (χ4v) is 3.92. The van der Waals surface area contributed by atoms with Crippen LogP contribution in [0.15, 0.2) is 30.5 Å². The number of carbonyl (C=O) groups excluding carboxylic acids is 1. The number of hydrogen-bond acceptors (Lipinski definition) is 5. The van der Waals surface area contributed by atoms with Gasteiger partial charge in [-0.15, -0.1) is 5.10 Å². The van der Waals surface area contributed by atoms with Gasteiger partial charge in [-0.05, 0) is 35.8 Å². The summed E-state index contributed by atoms with van der Waals surface area (Å²) in [6.45, 7) is 9.65. The van der Waals surface area contributed by atoms with E-state index < -0.39 is 5.97 Å². The molecule has 176 valence electrons. The molecule has 0 radical (unpaired) electrons. The molecule has 0 bridgehead atoms. The maximum atomic E-state index is 12.3. The number of hydrogen-bond donors (Lipinski definition) is 0. The van der Waals surface area contributed by atoms with Crippen LogP contribution >= 0.6 is 11.6 Å². The molecule has 0 amide bonds. The molecule has 0 aliphatic carbocycles. The number of aromatic nitrogens is 2. The van der Waals surface area contributed by atoms with Gasteiger partial charge in [0.1, 0.15) is 17.3 Å². The number of methoxy groups -OCH3 is 2. The van der Waals surface area contributed by atoms with E-state index in [1.807, 2.05) is 28.9 Å². The number of benzene rings is 1. The van der Waals surface area contributed by atoms with Gasteiger partial charge in [-0.3, -0.25) is 0 Å². The fraction of sp³-hybridized carbons (Fsp3) is 0.520. The van der Waals surface area contributed by atoms with Crippen molar-refractivity contribution in [3.8, 4) is 5.88 Å². The van der Waals surface area contributed by atoms with E-state index in [-0.39, 0.29) is 6.61 Å². The smallest absolute Gasteiger partial charge is 0.341 e. The molecule has 0 fully saturated rings. The molecular formula is C25H35ClN2O4. The first-order valence-corrected chi connectivity index (χ1v) is 11.5. The SMILES string of the molecule is CCCC(C)Cn1nc(OCc2ccccc2/C(=C\OC)C(=O)OC)c(CC(C)C)c1Cl. The molecule has 6 nitrogen and oxygen atoms in total. The number of nitrogens with zero attached hydrogens (tertiary/aromatic N) is 2. The lowest BCUT2D eigenvalue weighted by Gasteiger charge is -2.13. The van der Waals surface area contributed by atoms with Crippen LogP contribution in [-0.2, 0) is 33.8 Å².